The minimum Gasteiger partial charge on any atom is -0.232 e. The lowest BCUT2D eigenvalue weighted by atomic mass is 10.1. The Bertz CT molecular complexity index is 1210. The smallest absolute Gasteiger partial charge is 0.232 e. The second-order valence-electron chi connectivity index (χ2n) is 7.20. The lowest BCUT2D eigenvalue weighted by Gasteiger charge is -2.04. The number of aromatic nitrogens is 4. The average Bonchev–Trinajstić information content (AvgIpc) is 3.20. The number of para-hydroxylation sites is 4. The monoisotopic (exact) mass is 354 g/mol. The van der Waals surface area contributed by atoms with Gasteiger partial charge in [-0.3, -0.25) is 0 Å². The molecule has 0 saturated heterocycles. The minimum atomic E-state index is 1.17. The maximum atomic E-state index is 2.26. The Labute approximate surface area is 158 Å². The molecule has 132 valence electrons. The van der Waals surface area contributed by atoms with Crippen LogP contribution in [0.2, 0.25) is 0 Å². The van der Waals surface area contributed by atoms with E-state index < -0.39 is 0 Å². The molecular weight excluding hydrogens is 332 g/mol. The fourth-order valence-electron chi connectivity index (χ4n) is 3.96. The van der Waals surface area contributed by atoms with E-state index in [0.29, 0.717) is 0 Å². The highest BCUT2D eigenvalue weighted by molar-refractivity contribution is 5.76. The van der Waals surface area contributed by atoms with Crippen molar-refractivity contribution in [3.63, 3.8) is 0 Å². The van der Waals surface area contributed by atoms with Crippen molar-refractivity contribution in [3.8, 4) is 11.4 Å². The first-order chi connectivity index (χ1) is 13.1. The molecule has 0 N–H and O–H groups in total. The van der Waals surface area contributed by atoms with E-state index >= 15 is 0 Å². The van der Waals surface area contributed by atoms with E-state index in [1.165, 1.54) is 39.0 Å². The van der Waals surface area contributed by atoms with Crippen molar-refractivity contribution in [2.45, 2.75) is 6.92 Å². The number of benzene rings is 3. The molecule has 0 aliphatic heterocycles. The van der Waals surface area contributed by atoms with E-state index in [1.54, 1.807) is 0 Å². The van der Waals surface area contributed by atoms with E-state index in [9.17, 15) is 0 Å². The van der Waals surface area contributed by atoms with Crippen molar-refractivity contribution in [1.82, 2.24) is 9.13 Å². The molecule has 0 unspecified atom stereocenters. The maximum absolute atomic E-state index is 2.26. The molecular formula is C23H22N4+2. The third-order valence-electron chi connectivity index (χ3n) is 5.22. The number of fused-ring (bicyclic) bond motifs is 2. The molecule has 0 fully saturated rings. The molecule has 2 aromatic heterocycles. The summed E-state index contributed by atoms with van der Waals surface area (Å²) in [5.41, 5.74) is 8.43. The summed E-state index contributed by atoms with van der Waals surface area (Å²) in [6.45, 7) is 2.16. The summed E-state index contributed by atoms with van der Waals surface area (Å²) in [6.07, 6.45) is 4.30. The van der Waals surface area contributed by atoms with Gasteiger partial charge in [0.2, 0.25) is 12.7 Å². The Hall–Kier alpha value is -3.40. The van der Waals surface area contributed by atoms with Crippen molar-refractivity contribution in [2.24, 2.45) is 14.1 Å². The molecule has 3 aromatic carbocycles. The molecule has 5 rings (SSSR count). The number of hydrogen-bond acceptors (Lipinski definition) is 0. The molecule has 0 radical (unpaired) electrons. The van der Waals surface area contributed by atoms with Gasteiger partial charge in [0, 0.05) is 6.07 Å². The number of nitrogens with zero attached hydrogens (tertiary/aromatic N) is 4. The highest BCUT2D eigenvalue weighted by Gasteiger charge is 2.19. The van der Waals surface area contributed by atoms with Gasteiger partial charge in [0.1, 0.15) is 11.4 Å². The van der Waals surface area contributed by atoms with Crippen LogP contribution in [0.25, 0.3) is 33.4 Å². The van der Waals surface area contributed by atoms with Crippen LogP contribution < -0.4 is 9.13 Å². The predicted molar refractivity (Wildman–Crippen MR) is 107 cm³/mol. The Morgan fingerprint density at radius 1 is 0.630 bits per heavy atom. The quantitative estimate of drug-likeness (QED) is 0.432. The van der Waals surface area contributed by atoms with Gasteiger partial charge in [0.05, 0.1) is 14.1 Å². The molecule has 27 heavy (non-hydrogen) atoms. The molecule has 0 bridgehead atoms. The molecule has 4 heteroatoms. The van der Waals surface area contributed by atoms with Crippen LogP contribution in [0.3, 0.4) is 0 Å². The van der Waals surface area contributed by atoms with Crippen molar-refractivity contribution in [3.05, 3.63) is 84.9 Å². The fraction of sp³-hybridized carbons (Fsp3) is 0.130. The molecule has 2 heterocycles. The van der Waals surface area contributed by atoms with Gasteiger partial charge in [-0.1, -0.05) is 24.3 Å². The normalized spacial score (nSPS) is 11.5. The molecule has 0 spiro atoms. The van der Waals surface area contributed by atoms with Crippen LogP contribution in [0.4, 0.5) is 0 Å². The zero-order valence-corrected chi connectivity index (χ0v) is 15.8. The van der Waals surface area contributed by atoms with E-state index in [1.807, 2.05) is 0 Å². The summed E-state index contributed by atoms with van der Waals surface area (Å²) in [5.74, 6) is 0. The van der Waals surface area contributed by atoms with Gasteiger partial charge < -0.3 is 0 Å². The van der Waals surface area contributed by atoms with Crippen LogP contribution in [-0.4, -0.2) is 9.13 Å². The molecule has 0 saturated carbocycles. The van der Waals surface area contributed by atoms with E-state index in [2.05, 4.69) is 119 Å². The first kappa shape index (κ1) is 15.8. The maximum Gasteiger partial charge on any atom is 0.249 e. The summed E-state index contributed by atoms with van der Waals surface area (Å²) in [4.78, 5) is 0. The first-order valence-electron chi connectivity index (χ1n) is 9.16. The van der Waals surface area contributed by atoms with Crippen LogP contribution in [-0.2, 0) is 14.1 Å². The molecule has 0 aliphatic carbocycles. The summed E-state index contributed by atoms with van der Waals surface area (Å²) >= 11 is 0. The number of imidazole rings is 2. The third-order valence-corrected chi connectivity index (χ3v) is 5.22. The summed E-state index contributed by atoms with van der Waals surface area (Å²) in [5, 5.41) is 0. The van der Waals surface area contributed by atoms with Gasteiger partial charge in [-0.15, -0.1) is 0 Å². The molecule has 0 amide bonds. The van der Waals surface area contributed by atoms with Crippen LogP contribution >= 0.6 is 0 Å². The second-order valence-corrected chi connectivity index (χ2v) is 7.20. The Balaban J connectivity index is 1.76. The first-order valence-corrected chi connectivity index (χ1v) is 9.16. The summed E-state index contributed by atoms with van der Waals surface area (Å²) in [7, 11) is 4.18. The van der Waals surface area contributed by atoms with E-state index in [-0.39, 0.29) is 0 Å². The van der Waals surface area contributed by atoms with Gasteiger partial charge in [-0.05, 0) is 48.9 Å². The Kier molecular flexibility index (Phi) is 3.41. The van der Waals surface area contributed by atoms with Crippen molar-refractivity contribution >= 4 is 22.1 Å². The standard InChI is InChI=1S/C23H22N4/c1-17-12-18(26-15-24(2)20-8-4-6-10-22(20)26)14-19(13-17)27-16-25(3)21-9-5-7-11-23(21)27/h4-16H,1-3H3/q+2. The Morgan fingerprint density at radius 3 is 1.56 bits per heavy atom. The lowest BCUT2D eigenvalue weighted by molar-refractivity contribution is -0.645. The average molecular weight is 354 g/mol. The summed E-state index contributed by atoms with van der Waals surface area (Å²) in [6, 6.07) is 23.7. The van der Waals surface area contributed by atoms with Gasteiger partial charge in [0.25, 0.3) is 0 Å². The Morgan fingerprint density at radius 2 is 1.07 bits per heavy atom. The van der Waals surface area contributed by atoms with Crippen molar-refractivity contribution < 1.29 is 9.13 Å². The van der Waals surface area contributed by atoms with Crippen LogP contribution in [0.5, 0.6) is 0 Å². The van der Waals surface area contributed by atoms with E-state index in [4.69, 9.17) is 0 Å². The predicted octanol–water partition coefficient (Wildman–Crippen LogP) is 3.53. The highest BCUT2D eigenvalue weighted by Crippen LogP contribution is 2.23. The van der Waals surface area contributed by atoms with Gasteiger partial charge in [-0.2, -0.15) is 9.13 Å². The number of hydrogen-bond donors (Lipinski definition) is 0. The second kappa shape index (κ2) is 5.81. The lowest BCUT2D eigenvalue weighted by Crippen LogP contribution is -2.25. The zero-order valence-electron chi connectivity index (χ0n) is 15.8. The number of rotatable bonds is 2. The highest BCUT2D eigenvalue weighted by atomic mass is 15.1. The third kappa shape index (κ3) is 2.45. The fourth-order valence-corrected chi connectivity index (χ4v) is 3.96. The van der Waals surface area contributed by atoms with Gasteiger partial charge >= 0.3 is 0 Å². The molecule has 4 nitrogen and oxygen atoms in total. The SMILES string of the molecule is Cc1cc(-n2c[n+](C)c3ccccc32)cc(-n2c[n+](C)c3ccccc32)c1. The van der Waals surface area contributed by atoms with Crippen molar-refractivity contribution in [1.29, 1.82) is 0 Å². The van der Waals surface area contributed by atoms with Gasteiger partial charge in [0.15, 0.2) is 22.1 Å². The topological polar surface area (TPSA) is 17.6 Å². The van der Waals surface area contributed by atoms with Gasteiger partial charge in [-0.25, -0.2) is 9.13 Å². The number of aryl methyl sites for hydroxylation is 3. The molecule has 5 aromatic rings. The van der Waals surface area contributed by atoms with Crippen LogP contribution in [0.15, 0.2) is 79.4 Å². The summed E-state index contributed by atoms with van der Waals surface area (Å²) < 4.78 is 8.86. The van der Waals surface area contributed by atoms with E-state index in [0.717, 1.165) is 0 Å². The van der Waals surface area contributed by atoms with Crippen LogP contribution in [0, 0.1) is 6.92 Å². The molecule has 0 atom stereocenters. The molecule has 0 aliphatic rings. The largest absolute Gasteiger partial charge is 0.249 e. The van der Waals surface area contributed by atoms with Crippen molar-refractivity contribution in [2.75, 3.05) is 0 Å². The van der Waals surface area contributed by atoms with Crippen LogP contribution in [0.1, 0.15) is 5.56 Å². The zero-order chi connectivity index (χ0) is 18.5. The minimum absolute atomic E-state index is 1.17.